The Balaban J connectivity index is 1.63. The van der Waals surface area contributed by atoms with Gasteiger partial charge in [-0.05, 0) is 74.5 Å². The van der Waals surface area contributed by atoms with Crippen LogP contribution in [-0.2, 0) is 0 Å². The Bertz CT molecular complexity index is 1040. The summed E-state index contributed by atoms with van der Waals surface area (Å²) in [7, 11) is 0. The van der Waals surface area contributed by atoms with Crippen LogP contribution in [0.4, 0.5) is 0 Å². The second-order valence-electron chi connectivity index (χ2n) is 6.29. The number of carbonyl (C=O) groups excluding carboxylic acids is 2. The topological polar surface area (TPSA) is 71.1 Å². The van der Waals surface area contributed by atoms with Gasteiger partial charge in [0.15, 0.2) is 0 Å². The van der Waals surface area contributed by atoms with E-state index < -0.39 is 11.9 Å². The lowest BCUT2D eigenvalue weighted by molar-refractivity contribution is 0.0719. The fraction of sp³-hybridized carbons (Fsp3) is 0.167. The van der Waals surface area contributed by atoms with Crippen LogP contribution in [-0.4, -0.2) is 25.2 Å². The van der Waals surface area contributed by atoms with Crippen molar-refractivity contribution in [2.24, 2.45) is 0 Å². The number of halogens is 1. The molecule has 0 fully saturated rings. The van der Waals surface area contributed by atoms with Crippen LogP contribution in [0.25, 0.3) is 0 Å². The molecule has 7 heteroatoms. The summed E-state index contributed by atoms with van der Waals surface area (Å²) in [6, 6.07) is 17.6. The van der Waals surface area contributed by atoms with Gasteiger partial charge in [-0.25, -0.2) is 9.59 Å². The van der Waals surface area contributed by atoms with Crippen molar-refractivity contribution in [1.29, 1.82) is 0 Å². The molecule has 0 spiro atoms. The van der Waals surface area contributed by atoms with Gasteiger partial charge in [-0.3, -0.25) is 0 Å². The number of carbonyl (C=O) groups is 2. The first-order chi connectivity index (χ1) is 15.0. The Morgan fingerprint density at radius 2 is 1.13 bits per heavy atom. The summed E-state index contributed by atoms with van der Waals surface area (Å²) in [5.74, 6) is 0.602. The Kier molecular flexibility index (Phi) is 7.51. The SMILES string of the molecule is CCOc1ccc(C(=O)Oc2ccc(OC(=O)c3ccc(OCC)cc3)c(Cl)c2)cc1. The molecule has 0 saturated carbocycles. The normalized spacial score (nSPS) is 10.3. The van der Waals surface area contributed by atoms with Crippen molar-refractivity contribution >= 4 is 23.5 Å². The molecule has 0 aliphatic rings. The summed E-state index contributed by atoms with van der Waals surface area (Å²) in [5, 5.41) is 0.135. The zero-order chi connectivity index (χ0) is 22.2. The summed E-state index contributed by atoms with van der Waals surface area (Å²) in [6.07, 6.45) is 0. The third-order valence-corrected chi connectivity index (χ3v) is 4.41. The predicted molar refractivity (Wildman–Crippen MR) is 117 cm³/mol. The van der Waals surface area contributed by atoms with Gasteiger partial charge in [-0.2, -0.15) is 0 Å². The van der Waals surface area contributed by atoms with E-state index in [0.717, 1.165) is 0 Å². The molecule has 0 amide bonds. The molecule has 31 heavy (non-hydrogen) atoms. The Morgan fingerprint density at radius 3 is 1.58 bits per heavy atom. The molecule has 0 saturated heterocycles. The second-order valence-corrected chi connectivity index (χ2v) is 6.69. The van der Waals surface area contributed by atoms with Gasteiger partial charge >= 0.3 is 11.9 Å². The molecule has 0 aromatic heterocycles. The van der Waals surface area contributed by atoms with Crippen LogP contribution < -0.4 is 18.9 Å². The van der Waals surface area contributed by atoms with Crippen molar-refractivity contribution in [1.82, 2.24) is 0 Å². The van der Waals surface area contributed by atoms with Crippen LogP contribution in [0, 0.1) is 0 Å². The molecule has 0 N–H and O–H groups in total. The molecule has 160 valence electrons. The predicted octanol–water partition coefficient (Wildman–Crippen LogP) is 5.58. The molecule has 0 aliphatic heterocycles. The van der Waals surface area contributed by atoms with E-state index in [-0.39, 0.29) is 16.5 Å². The van der Waals surface area contributed by atoms with Crippen LogP contribution in [0.3, 0.4) is 0 Å². The van der Waals surface area contributed by atoms with E-state index in [1.165, 1.54) is 18.2 Å². The van der Waals surface area contributed by atoms with Crippen molar-refractivity contribution in [3.05, 3.63) is 82.9 Å². The van der Waals surface area contributed by atoms with Crippen molar-refractivity contribution in [3.63, 3.8) is 0 Å². The number of ether oxygens (including phenoxy) is 4. The van der Waals surface area contributed by atoms with E-state index in [2.05, 4.69) is 0 Å². The van der Waals surface area contributed by atoms with Crippen molar-refractivity contribution in [2.45, 2.75) is 13.8 Å². The highest BCUT2D eigenvalue weighted by molar-refractivity contribution is 6.32. The standard InChI is InChI=1S/C24H21ClO6/c1-3-28-18-9-5-16(6-10-18)23(26)30-20-13-14-22(21(25)15-20)31-24(27)17-7-11-19(12-8-17)29-4-2/h5-15H,3-4H2,1-2H3. The molecule has 0 aliphatic carbocycles. The highest BCUT2D eigenvalue weighted by atomic mass is 35.5. The molecule has 0 radical (unpaired) electrons. The van der Waals surface area contributed by atoms with E-state index in [4.69, 9.17) is 30.5 Å². The first-order valence-electron chi connectivity index (χ1n) is 9.69. The zero-order valence-electron chi connectivity index (χ0n) is 17.1. The Hall–Kier alpha value is -3.51. The maximum Gasteiger partial charge on any atom is 0.343 e. The largest absolute Gasteiger partial charge is 0.494 e. The average Bonchev–Trinajstić information content (AvgIpc) is 2.77. The molecule has 3 rings (SSSR count). The molecule has 0 atom stereocenters. The lowest BCUT2D eigenvalue weighted by atomic mass is 10.2. The lowest BCUT2D eigenvalue weighted by Gasteiger charge is -2.10. The lowest BCUT2D eigenvalue weighted by Crippen LogP contribution is -2.10. The number of hydrogen-bond acceptors (Lipinski definition) is 6. The van der Waals surface area contributed by atoms with Crippen LogP contribution in [0.15, 0.2) is 66.7 Å². The molecule has 6 nitrogen and oxygen atoms in total. The fourth-order valence-corrected chi connectivity index (χ4v) is 2.87. The molecule has 3 aromatic carbocycles. The van der Waals surface area contributed by atoms with Gasteiger partial charge in [0.05, 0.1) is 29.4 Å². The van der Waals surface area contributed by atoms with Crippen molar-refractivity contribution in [2.75, 3.05) is 13.2 Å². The van der Waals surface area contributed by atoms with Gasteiger partial charge in [-0.15, -0.1) is 0 Å². The van der Waals surface area contributed by atoms with Gasteiger partial charge in [0, 0.05) is 6.07 Å². The second kappa shape index (κ2) is 10.5. The van der Waals surface area contributed by atoms with Crippen molar-refractivity contribution in [3.8, 4) is 23.0 Å². The third kappa shape index (κ3) is 5.99. The zero-order valence-corrected chi connectivity index (χ0v) is 17.8. The van der Waals surface area contributed by atoms with Crippen LogP contribution >= 0.6 is 11.6 Å². The van der Waals surface area contributed by atoms with Crippen LogP contribution in [0.1, 0.15) is 34.6 Å². The summed E-state index contributed by atoms with van der Waals surface area (Å²) >= 11 is 6.21. The van der Waals surface area contributed by atoms with E-state index >= 15 is 0 Å². The van der Waals surface area contributed by atoms with Gasteiger partial charge in [0.1, 0.15) is 23.0 Å². The highest BCUT2D eigenvalue weighted by Gasteiger charge is 2.14. The number of benzene rings is 3. The molecular weight excluding hydrogens is 420 g/mol. The van der Waals surface area contributed by atoms with Crippen LogP contribution in [0.5, 0.6) is 23.0 Å². The molecule has 0 bridgehead atoms. The first-order valence-corrected chi connectivity index (χ1v) is 10.1. The summed E-state index contributed by atoms with van der Waals surface area (Å²) in [6.45, 7) is 4.83. The van der Waals surface area contributed by atoms with Gasteiger partial charge in [-0.1, -0.05) is 11.6 Å². The highest BCUT2D eigenvalue weighted by Crippen LogP contribution is 2.30. The van der Waals surface area contributed by atoms with E-state index in [1.807, 2.05) is 13.8 Å². The van der Waals surface area contributed by atoms with Gasteiger partial charge in [0.25, 0.3) is 0 Å². The average molecular weight is 441 g/mol. The summed E-state index contributed by atoms with van der Waals surface area (Å²) in [5.41, 5.74) is 0.719. The third-order valence-electron chi connectivity index (χ3n) is 4.12. The number of hydrogen-bond donors (Lipinski definition) is 0. The number of esters is 2. The maximum absolute atomic E-state index is 12.3. The maximum atomic E-state index is 12.3. The molecule has 0 unspecified atom stereocenters. The summed E-state index contributed by atoms with van der Waals surface area (Å²) < 4.78 is 21.4. The molecule has 3 aromatic rings. The van der Waals surface area contributed by atoms with E-state index in [0.29, 0.717) is 35.8 Å². The number of rotatable bonds is 8. The van der Waals surface area contributed by atoms with E-state index in [1.54, 1.807) is 48.5 Å². The summed E-state index contributed by atoms with van der Waals surface area (Å²) in [4.78, 5) is 24.7. The molecular formula is C24H21ClO6. The van der Waals surface area contributed by atoms with Crippen LogP contribution in [0.2, 0.25) is 5.02 Å². The monoisotopic (exact) mass is 440 g/mol. The van der Waals surface area contributed by atoms with Crippen molar-refractivity contribution < 1.29 is 28.5 Å². The van der Waals surface area contributed by atoms with E-state index in [9.17, 15) is 9.59 Å². The van der Waals surface area contributed by atoms with Gasteiger partial charge in [0.2, 0.25) is 0 Å². The van der Waals surface area contributed by atoms with Gasteiger partial charge < -0.3 is 18.9 Å². The minimum Gasteiger partial charge on any atom is -0.494 e. The Morgan fingerprint density at radius 1 is 0.677 bits per heavy atom. The quantitative estimate of drug-likeness (QED) is 0.336. The minimum atomic E-state index is -0.566. The fourth-order valence-electron chi connectivity index (χ4n) is 2.66. The minimum absolute atomic E-state index is 0.135. The molecule has 0 heterocycles. The smallest absolute Gasteiger partial charge is 0.343 e. The first kappa shape index (κ1) is 22.2. The Labute approximate surface area is 185 Å².